The molecule has 1 aliphatic carbocycles. The lowest BCUT2D eigenvalue weighted by Gasteiger charge is -2.38. The number of rotatable bonds is 3. The summed E-state index contributed by atoms with van der Waals surface area (Å²) in [4.78, 5) is 12.1. The Balaban J connectivity index is 1.75. The maximum atomic E-state index is 12.1. The summed E-state index contributed by atoms with van der Waals surface area (Å²) in [6.45, 7) is 2.18. The van der Waals surface area contributed by atoms with Crippen molar-refractivity contribution in [2.75, 3.05) is 11.9 Å². The van der Waals surface area contributed by atoms with Gasteiger partial charge in [-0.05, 0) is 54.7 Å². The quantitative estimate of drug-likeness (QED) is 0.518. The van der Waals surface area contributed by atoms with Crippen LogP contribution in [0.15, 0.2) is 48.6 Å². The Morgan fingerprint density at radius 1 is 1.23 bits per heavy atom. The van der Waals surface area contributed by atoms with Gasteiger partial charge in [-0.2, -0.15) is 0 Å². The van der Waals surface area contributed by atoms with E-state index in [1.807, 2.05) is 31.2 Å². The first-order valence-corrected chi connectivity index (χ1v) is 9.54. The van der Waals surface area contributed by atoms with Gasteiger partial charge in [0.2, 0.25) is 0 Å². The fraction of sp³-hybridized carbons (Fsp3) is 0.286. The van der Waals surface area contributed by atoms with Crippen molar-refractivity contribution >= 4 is 34.9 Å². The van der Waals surface area contributed by atoms with Gasteiger partial charge in [-0.15, -0.1) is 0 Å². The van der Waals surface area contributed by atoms with Crippen LogP contribution in [0.3, 0.4) is 0 Å². The predicted molar refractivity (Wildman–Crippen MR) is 105 cm³/mol. The third-order valence-corrected chi connectivity index (χ3v) is 6.02. The molecule has 0 saturated heterocycles. The lowest BCUT2D eigenvalue weighted by atomic mass is 9.76. The summed E-state index contributed by atoms with van der Waals surface area (Å²) in [7, 11) is 0. The molecule has 1 N–H and O–H groups in total. The van der Waals surface area contributed by atoms with E-state index in [0.717, 1.165) is 23.2 Å². The molecule has 0 fully saturated rings. The predicted octanol–water partition coefficient (Wildman–Crippen LogP) is 6.00. The summed E-state index contributed by atoms with van der Waals surface area (Å²) in [5, 5.41) is 4.78. The minimum atomic E-state index is -0.283. The average Bonchev–Trinajstić information content (AvgIpc) is 3.13. The Kier molecular flexibility index (Phi) is 4.68. The molecule has 2 aliphatic rings. The third-order valence-electron chi connectivity index (χ3n) is 5.19. The van der Waals surface area contributed by atoms with Crippen molar-refractivity contribution < 1.29 is 9.53 Å². The standard InChI is InChI=1S/C21H19Cl2NO2/c1-2-26-21(25)12-9-10-18-16(11-12)13-5-3-6-14(13)20(24-18)15-7-4-8-17(22)19(15)23/h3-5,7-11,13-14,20,24H,2,6H2,1H3/t13-,14+,20-/m1/s1. The Morgan fingerprint density at radius 3 is 2.88 bits per heavy atom. The van der Waals surface area contributed by atoms with Gasteiger partial charge in [-0.25, -0.2) is 4.79 Å². The first-order chi connectivity index (χ1) is 12.6. The molecule has 2 aromatic rings. The summed E-state index contributed by atoms with van der Waals surface area (Å²) < 4.78 is 5.14. The molecule has 3 nitrogen and oxygen atoms in total. The van der Waals surface area contributed by atoms with Crippen LogP contribution >= 0.6 is 23.2 Å². The number of ether oxygens (including phenoxy) is 1. The van der Waals surface area contributed by atoms with Crippen LogP contribution in [0, 0.1) is 5.92 Å². The number of hydrogen-bond donors (Lipinski definition) is 1. The van der Waals surface area contributed by atoms with Gasteiger partial charge in [0.1, 0.15) is 0 Å². The molecule has 4 rings (SSSR count). The second-order valence-electron chi connectivity index (χ2n) is 6.64. The fourth-order valence-corrected chi connectivity index (χ4v) is 4.43. The van der Waals surface area contributed by atoms with Crippen molar-refractivity contribution in [3.8, 4) is 0 Å². The van der Waals surface area contributed by atoms with E-state index in [0.29, 0.717) is 28.1 Å². The second-order valence-corrected chi connectivity index (χ2v) is 7.43. The molecule has 134 valence electrons. The number of hydrogen-bond acceptors (Lipinski definition) is 3. The van der Waals surface area contributed by atoms with Crippen LogP contribution in [0.25, 0.3) is 0 Å². The molecule has 0 saturated carbocycles. The molecular weight excluding hydrogens is 369 g/mol. The van der Waals surface area contributed by atoms with E-state index in [1.165, 1.54) is 0 Å². The molecule has 1 aliphatic heterocycles. The number of esters is 1. The maximum absolute atomic E-state index is 12.1. The topological polar surface area (TPSA) is 38.3 Å². The highest BCUT2D eigenvalue weighted by Gasteiger charge is 2.39. The summed E-state index contributed by atoms with van der Waals surface area (Å²) in [6, 6.07) is 11.5. The number of benzene rings is 2. The van der Waals surface area contributed by atoms with Gasteiger partial charge in [0.15, 0.2) is 0 Å². The minimum Gasteiger partial charge on any atom is -0.462 e. The molecule has 0 aromatic heterocycles. The summed E-state index contributed by atoms with van der Waals surface area (Å²) in [5.74, 6) is 0.283. The van der Waals surface area contributed by atoms with Crippen molar-refractivity contribution in [1.29, 1.82) is 0 Å². The van der Waals surface area contributed by atoms with E-state index in [2.05, 4.69) is 17.5 Å². The van der Waals surface area contributed by atoms with Gasteiger partial charge in [-0.1, -0.05) is 47.5 Å². The van der Waals surface area contributed by atoms with Crippen LogP contribution in [0.4, 0.5) is 5.69 Å². The summed E-state index contributed by atoms with van der Waals surface area (Å²) in [6.07, 6.45) is 5.38. The SMILES string of the molecule is CCOC(=O)c1ccc2c(c1)[C@@H]1C=CC[C@@H]1[C@H](c1cccc(Cl)c1Cl)N2. The molecule has 0 radical (unpaired) electrons. The number of nitrogens with one attached hydrogen (secondary N) is 1. The van der Waals surface area contributed by atoms with Crippen LogP contribution in [0.5, 0.6) is 0 Å². The monoisotopic (exact) mass is 387 g/mol. The number of anilines is 1. The maximum Gasteiger partial charge on any atom is 0.338 e. The van der Waals surface area contributed by atoms with Crippen LogP contribution in [-0.2, 0) is 4.74 Å². The first kappa shape index (κ1) is 17.4. The van der Waals surface area contributed by atoms with Crippen molar-refractivity contribution in [1.82, 2.24) is 0 Å². The third kappa shape index (κ3) is 2.89. The second kappa shape index (κ2) is 6.98. The molecule has 5 heteroatoms. The Morgan fingerprint density at radius 2 is 2.08 bits per heavy atom. The number of fused-ring (bicyclic) bond motifs is 3. The molecular formula is C21H19Cl2NO2. The van der Waals surface area contributed by atoms with Crippen molar-refractivity contribution in [2.45, 2.75) is 25.3 Å². The van der Waals surface area contributed by atoms with Crippen molar-refractivity contribution in [3.05, 3.63) is 75.3 Å². The van der Waals surface area contributed by atoms with E-state index < -0.39 is 0 Å². The fourth-order valence-electron chi connectivity index (χ4n) is 4.00. The van der Waals surface area contributed by atoms with E-state index in [-0.39, 0.29) is 17.9 Å². The Bertz CT molecular complexity index is 894. The largest absolute Gasteiger partial charge is 0.462 e. The zero-order valence-corrected chi connectivity index (χ0v) is 15.8. The van der Waals surface area contributed by atoms with Gasteiger partial charge in [0, 0.05) is 11.6 Å². The zero-order chi connectivity index (χ0) is 18.3. The van der Waals surface area contributed by atoms with Gasteiger partial charge in [0.25, 0.3) is 0 Å². The highest BCUT2D eigenvalue weighted by Crippen LogP contribution is 2.51. The Labute approximate surface area is 163 Å². The highest BCUT2D eigenvalue weighted by atomic mass is 35.5. The van der Waals surface area contributed by atoms with Crippen LogP contribution in [0.1, 0.15) is 46.8 Å². The van der Waals surface area contributed by atoms with E-state index in [9.17, 15) is 4.79 Å². The van der Waals surface area contributed by atoms with Crippen LogP contribution in [-0.4, -0.2) is 12.6 Å². The van der Waals surface area contributed by atoms with Crippen LogP contribution in [0.2, 0.25) is 10.0 Å². The van der Waals surface area contributed by atoms with E-state index >= 15 is 0 Å². The van der Waals surface area contributed by atoms with Crippen molar-refractivity contribution in [3.63, 3.8) is 0 Å². The first-order valence-electron chi connectivity index (χ1n) is 8.78. The molecule has 3 atom stereocenters. The molecule has 0 bridgehead atoms. The Hall–Kier alpha value is -1.97. The summed E-state index contributed by atoms with van der Waals surface area (Å²) in [5.41, 5.74) is 3.75. The lowest BCUT2D eigenvalue weighted by Crippen LogP contribution is -2.29. The summed E-state index contributed by atoms with van der Waals surface area (Å²) >= 11 is 12.7. The smallest absolute Gasteiger partial charge is 0.338 e. The normalized spacial score (nSPS) is 23.1. The molecule has 1 heterocycles. The average molecular weight is 388 g/mol. The number of halogens is 2. The minimum absolute atomic E-state index is 0.0714. The molecule has 26 heavy (non-hydrogen) atoms. The zero-order valence-electron chi connectivity index (χ0n) is 14.3. The van der Waals surface area contributed by atoms with Gasteiger partial charge < -0.3 is 10.1 Å². The molecule has 0 spiro atoms. The highest BCUT2D eigenvalue weighted by molar-refractivity contribution is 6.42. The number of carbonyl (C=O) groups excluding carboxylic acids is 1. The molecule has 0 amide bonds. The van der Waals surface area contributed by atoms with E-state index in [4.69, 9.17) is 27.9 Å². The van der Waals surface area contributed by atoms with Gasteiger partial charge in [-0.3, -0.25) is 0 Å². The molecule has 2 aromatic carbocycles. The van der Waals surface area contributed by atoms with Gasteiger partial charge >= 0.3 is 5.97 Å². The van der Waals surface area contributed by atoms with Crippen molar-refractivity contribution in [2.24, 2.45) is 5.92 Å². The van der Waals surface area contributed by atoms with E-state index in [1.54, 1.807) is 12.1 Å². The lowest BCUT2D eigenvalue weighted by molar-refractivity contribution is 0.0526. The number of carbonyl (C=O) groups is 1. The van der Waals surface area contributed by atoms with Gasteiger partial charge in [0.05, 0.1) is 28.3 Å². The number of allylic oxidation sites excluding steroid dienone is 2. The van der Waals surface area contributed by atoms with Crippen LogP contribution < -0.4 is 5.32 Å². The molecule has 0 unspecified atom stereocenters.